The van der Waals surface area contributed by atoms with Crippen LogP contribution in [0.15, 0.2) is 18.2 Å². The molecule has 0 amide bonds. The van der Waals surface area contributed by atoms with E-state index in [0.717, 1.165) is 12.0 Å². The predicted octanol–water partition coefficient (Wildman–Crippen LogP) is -0.366. The average molecular weight is 166 g/mol. The van der Waals surface area contributed by atoms with E-state index < -0.39 is 7.12 Å². The largest absolute Gasteiger partial charge is 0.508 e. The quantitative estimate of drug-likeness (QED) is 0.525. The fourth-order valence-corrected chi connectivity index (χ4v) is 1.03. The van der Waals surface area contributed by atoms with Gasteiger partial charge in [-0.25, -0.2) is 0 Å². The molecule has 0 aliphatic carbocycles. The van der Waals surface area contributed by atoms with Crippen LogP contribution >= 0.6 is 0 Å². The summed E-state index contributed by atoms with van der Waals surface area (Å²) < 4.78 is 0. The molecular formula is C8H11BO3. The van der Waals surface area contributed by atoms with Crippen LogP contribution in [-0.2, 0) is 6.42 Å². The summed E-state index contributed by atoms with van der Waals surface area (Å²) in [5.41, 5.74) is 1.13. The highest BCUT2D eigenvalue weighted by Crippen LogP contribution is 2.08. The summed E-state index contributed by atoms with van der Waals surface area (Å²) in [6.45, 7) is 1.96. The molecule has 0 saturated heterocycles. The van der Waals surface area contributed by atoms with Gasteiger partial charge in [0.05, 0.1) is 0 Å². The Morgan fingerprint density at radius 1 is 1.33 bits per heavy atom. The minimum absolute atomic E-state index is 0.0813. The first-order valence-electron chi connectivity index (χ1n) is 3.83. The van der Waals surface area contributed by atoms with Crippen molar-refractivity contribution >= 4 is 12.6 Å². The van der Waals surface area contributed by atoms with Crippen molar-refractivity contribution in [1.29, 1.82) is 0 Å². The number of hydrogen-bond donors (Lipinski definition) is 3. The van der Waals surface area contributed by atoms with E-state index in [1.54, 1.807) is 12.1 Å². The smallest absolute Gasteiger partial charge is 0.492 e. The molecule has 0 saturated carbocycles. The van der Waals surface area contributed by atoms with Crippen molar-refractivity contribution in [1.82, 2.24) is 0 Å². The van der Waals surface area contributed by atoms with Gasteiger partial charge in [0.2, 0.25) is 0 Å². The predicted molar refractivity (Wildman–Crippen MR) is 47.3 cm³/mol. The van der Waals surface area contributed by atoms with Gasteiger partial charge in [-0.1, -0.05) is 19.1 Å². The fourth-order valence-electron chi connectivity index (χ4n) is 1.03. The number of hydrogen-bond acceptors (Lipinski definition) is 3. The Balaban J connectivity index is 3.08. The number of aryl methyl sites for hydroxylation is 1. The van der Waals surface area contributed by atoms with E-state index in [1.165, 1.54) is 6.07 Å². The molecular weight excluding hydrogens is 155 g/mol. The van der Waals surface area contributed by atoms with Crippen molar-refractivity contribution in [3.63, 3.8) is 0 Å². The Kier molecular flexibility index (Phi) is 2.73. The van der Waals surface area contributed by atoms with E-state index in [4.69, 9.17) is 10.0 Å². The highest BCUT2D eigenvalue weighted by Gasteiger charge is 2.15. The highest BCUT2D eigenvalue weighted by atomic mass is 16.4. The Labute approximate surface area is 71.4 Å². The van der Waals surface area contributed by atoms with Crippen LogP contribution in [-0.4, -0.2) is 22.3 Å². The van der Waals surface area contributed by atoms with Crippen LogP contribution in [0.5, 0.6) is 5.75 Å². The monoisotopic (exact) mass is 166 g/mol. The third kappa shape index (κ3) is 1.78. The molecule has 3 N–H and O–H groups in total. The van der Waals surface area contributed by atoms with Crippen LogP contribution in [0.4, 0.5) is 0 Å². The summed E-state index contributed by atoms with van der Waals surface area (Å²) in [6.07, 6.45) is 0.806. The van der Waals surface area contributed by atoms with E-state index in [1.807, 2.05) is 6.92 Å². The van der Waals surface area contributed by atoms with E-state index in [0.29, 0.717) is 0 Å². The van der Waals surface area contributed by atoms with Gasteiger partial charge in [-0.05, 0) is 18.1 Å². The third-order valence-corrected chi connectivity index (χ3v) is 1.78. The van der Waals surface area contributed by atoms with Gasteiger partial charge in [0.25, 0.3) is 0 Å². The lowest BCUT2D eigenvalue weighted by Gasteiger charge is -2.04. The molecule has 3 nitrogen and oxygen atoms in total. The van der Waals surface area contributed by atoms with Crippen molar-refractivity contribution in [2.24, 2.45) is 0 Å². The summed E-state index contributed by atoms with van der Waals surface area (Å²) >= 11 is 0. The third-order valence-electron chi connectivity index (χ3n) is 1.78. The van der Waals surface area contributed by atoms with Gasteiger partial charge in [-0.2, -0.15) is 0 Å². The molecule has 1 aromatic carbocycles. The number of phenols is 1. The van der Waals surface area contributed by atoms with Crippen molar-refractivity contribution < 1.29 is 15.2 Å². The normalized spacial score (nSPS) is 9.92. The lowest BCUT2D eigenvalue weighted by atomic mass is 9.78. The zero-order valence-electron chi connectivity index (χ0n) is 6.86. The van der Waals surface area contributed by atoms with Crippen LogP contribution < -0.4 is 5.46 Å². The van der Waals surface area contributed by atoms with E-state index in [-0.39, 0.29) is 11.2 Å². The lowest BCUT2D eigenvalue weighted by Crippen LogP contribution is -2.30. The molecule has 4 heteroatoms. The summed E-state index contributed by atoms with van der Waals surface area (Å²) in [5.74, 6) is -0.0813. The molecule has 0 aromatic heterocycles. The number of aromatic hydroxyl groups is 1. The van der Waals surface area contributed by atoms with Gasteiger partial charge in [0.1, 0.15) is 5.75 Å². The Morgan fingerprint density at radius 3 is 2.50 bits per heavy atom. The summed E-state index contributed by atoms with van der Waals surface area (Å²) in [5, 5.41) is 26.8. The summed E-state index contributed by atoms with van der Waals surface area (Å²) in [6, 6.07) is 4.80. The minimum Gasteiger partial charge on any atom is -0.508 e. The van der Waals surface area contributed by atoms with Gasteiger partial charge < -0.3 is 15.2 Å². The molecule has 0 spiro atoms. The maximum atomic E-state index is 9.18. The first kappa shape index (κ1) is 9.10. The number of phenolic OH excluding ortho intramolecular Hbond substituents is 1. The van der Waals surface area contributed by atoms with Gasteiger partial charge in [0, 0.05) is 5.46 Å². The Hall–Kier alpha value is -0.995. The molecule has 1 aromatic rings. The van der Waals surface area contributed by atoms with Crippen LogP contribution in [0.3, 0.4) is 0 Å². The zero-order chi connectivity index (χ0) is 9.14. The van der Waals surface area contributed by atoms with Crippen molar-refractivity contribution in [2.75, 3.05) is 0 Å². The molecule has 0 bridgehead atoms. The summed E-state index contributed by atoms with van der Waals surface area (Å²) in [4.78, 5) is 0. The molecule has 12 heavy (non-hydrogen) atoms. The average Bonchev–Trinajstić information content (AvgIpc) is 2.05. The minimum atomic E-state index is -1.60. The number of benzene rings is 1. The van der Waals surface area contributed by atoms with Crippen LogP contribution in [0.2, 0.25) is 0 Å². The van der Waals surface area contributed by atoms with Crippen LogP contribution in [0.1, 0.15) is 12.5 Å². The second-order valence-electron chi connectivity index (χ2n) is 2.62. The molecule has 0 atom stereocenters. The number of rotatable bonds is 2. The fraction of sp³-hybridized carbons (Fsp3) is 0.250. The lowest BCUT2D eigenvalue weighted by molar-refractivity contribution is 0.419. The first-order valence-corrected chi connectivity index (χ1v) is 3.83. The molecule has 0 fully saturated rings. The zero-order valence-corrected chi connectivity index (χ0v) is 6.86. The van der Waals surface area contributed by atoms with Gasteiger partial charge >= 0.3 is 7.12 Å². The van der Waals surface area contributed by atoms with Gasteiger partial charge in [0.15, 0.2) is 0 Å². The van der Waals surface area contributed by atoms with Crippen LogP contribution in [0, 0.1) is 0 Å². The van der Waals surface area contributed by atoms with Crippen LogP contribution in [0.25, 0.3) is 0 Å². The molecule has 0 heterocycles. The molecule has 1 rings (SSSR count). The van der Waals surface area contributed by atoms with E-state index in [2.05, 4.69) is 0 Å². The highest BCUT2D eigenvalue weighted by molar-refractivity contribution is 6.59. The van der Waals surface area contributed by atoms with Crippen molar-refractivity contribution in [3.8, 4) is 5.75 Å². The molecule has 0 unspecified atom stereocenters. The maximum absolute atomic E-state index is 9.18. The van der Waals surface area contributed by atoms with Crippen molar-refractivity contribution in [2.45, 2.75) is 13.3 Å². The van der Waals surface area contributed by atoms with Gasteiger partial charge in [-0.3, -0.25) is 0 Å². The van der Waals surface area contributed by atoms with E-state index >= 15 is 0 Å². The molecule has 0 aliphatic heterocycles. The first-order chi connectivity index (χ1) is 5.65. The SMILES string of the molecule is CCc1ccc(O)c(B(O)O)c1. The topological polar surface area (TPSA) is 60.7 Å². The second-order valence-corrected chi connectivity index (χ2v) is 2.62. The van der Waals surface area contributed by atoms with Crippen molar-refractivity contribution in [3.05, 3.63) is 23.8 Å². The molecule has 0 aliphatic rings. The molecule has 0 radical (unpaired) electrons. The van der Waals surface area contributed by atoms with E-state index in [9.17, 15) is 5.11 Å². The Morgan fingerprint density at radius 2 is 2.00 bits per heavy atom. The van der Waals surface area contributed by atoms with Gasteiger partial charge in [-0.15, -0.1) is 0 Å². The summed E-state index contributed by atoms with van der Waals surface area (Å²) in [7, 11) is -1.60. The maximum Gasteiger partial charge on any atom is 0.492 e. The molecule has 64 valence electrons. The Bertz CT molecular complexity index is 273. The second kappa shape index (κ2) is 3.60. The standard InChI is InChI=1S/C8H11BO3/c1-2-6-3-4-8(10)7(5-6)9(11)12/h3-5,10-12H,2H2,1H3.